The Hall–Kier alpha value is -2.70. The van der Waals surface area contributed by atoms with E-state index in [1.165, 1.54) is 25.7 Å². The third kappa shape index (κ3) is 7.17. The third-order valence-electron chi connectivity index (χ3n) is 6.56. The smallest absolute Gasteiger partial charge is 0.266 e. The molecule has 0 bridgehead atoms. The number of hydrogen-bond acceptors (Lipinski definition) is 4. The molecular formula is C29H38ClN3O3. The quantitative estimate of drug-likeness (QED) is 0.225. The van der Waals surface area contributed by atoms with Gasteiger partial charge >= 0.3 is 0 Å². The number of rotatable bonds is 14. The molecule has 0 radical (unpaired) electrons. The third-order valence-corrected chi connectivity index (χ3v) is 6.80. The summed E-state index contributed by atoms with van der Waals surface area (Å²) in [5, 5.41) is 1.05. The molecular weight excluding hydrogens is 474 g/mol. The summed E-state index contributed by atoms with van der Waals surface area (Å²) in [5.41, 5.74) is 1.05. The van der Waals surface area contributed by atoms with E-state index in [9.17, 15) is 9.59 Å². The Kier molecular flexibility index (Phi) is 11.0. The van der Waals surface area contributed by atoms with Crippen LogP contribution in [0.2, 0.25) is 5.02 Å². The van der Waals surface area contributed by atoms with E-state index in [2.05, 4.69) is 6.92 Å². The maximum atomic E-state index is 13.6. The van der Waals surface area contributed by atoms with Crippen LogP contribution in [-0.2, 0) is 9.53 Å². The summed E-state index contributed by atoms with van der Waals surface area (Å²) < 4.78 is 6.90. The number of amides is 1. The fourth-order valence-corrected chi connectivity index (χ4v) is 4.72. The zero-order valence-electron chi connectivity index (χ0n) is 21.7. The molecule has 1 aromatic heterocycles. The zero-order valence-corrected chi connectivity index (χ0v) is 22.5. The predicted molar refractivity (Wildman–Crippen MR) is 147 cm³/mol. The number of fused-ring (bicyclic) bond motifs is 1. The number of para-hydroxylation sites is 1. The monoisotopic (exact) mass is 511 g/mol. The number of aromatic nitrogens is 2. The maximum Gasteiger partial charge on any atom is 0.266 e. The molecule has 0 N–H and O–H groups in total. The molecule has 0 spiro atoms. The van der Waals surface area contributed by atoms with Gasteiger partial charge in [-0.1, -0.05) is 75.2 Å². The average molecular weight is 512 g/mol. The molecule has 1 amide bonds. The summed E-state index contributed by atoms with van der Waals surface area (Å²) in [6, 6.07) is 14.0. The van der Waals surface area contributed by atoms with Crippen LogP contribution in [0.5, 0.6) is 0 Å². The van der Waals surface area contributed by atoms with Crippen LogP contribution in [0.25, 0.3) is 16.6 Å². The first-order valence-corrected chi connectivity index (χ1v) is 13.4. The number of halogens is 1. The number of ether oxygens (including phenoxy) is 1. The maximum absolute atomic E-state index is 13.6. The van der Waals surface area contributed by atoms with Crippen molar-refractivity contribution in [3.05, 3.63) is 69.7 Å². The van der Waals surface area contributed by atoms with Crippen molar-refractivity contribution in [2.45, 2.75) is 71.3 Å². The van der Waals surface area contributed by atoms with E-state index in [0.29, 0.717) is 47.0 Å². The largest absolute Gasteiger partial charge is 0.383 e. The van der Waals surface area contributed by atoms with E-state index in [1.54, 1.807) is 34.8 Å². The van der Waals surface area contributed by atoms with Gasteiger partial charge in [0.2, 0.25) is 5.91 Å². The lowest BCUT2D eigenvalue weighted by Gasteiger charge is -2.30. The van der Waals surface area contributed by atoms with Crippen molar-refractivity contribution in [2.75, 3.05) is 20.3 Å². The normalized spacial score (nSPS) is 12.1. The van der Waals surface area contributed by atoms with Crippen LogP contribution >= 0.6 is 11.6 Å². The highest BCUT2D eigenvalue weighted by molar-refractivity contribution is 6.30. The molecule has 7 heteroatoms. The molecule has 1 unspecified atom stereocenters. The fraction of sp³-hybridized carbons (Fsp3) is 0.483. The molecule has 0 aliphatic rings. The van der Waals surface area contributed by atoms with Gasteiger partial charge < -0.3 is 9.64 Å². The number of hydrogen-bond donors (Lipinski definition) is 0. The van der Waals surface area contributed by atoms with Crippen LogP contribution < -0.4 is 5.56 Å². The summed E-state index contributed by atoms with van der Waals surface area (Å²) in [4.78, 5) is 33.7. The number of methoxy groups -OCH3 is 1. The Morgan fingerprint density at radius 1 is 1.06 bits per heavy atom. The second-order valence-electron chi connectivity index (χ2n) is 9.23. The first-order valence-electron chi connectivity index (χ1n) is 13.0. The predicted octanol–water partition coefficient (Wildman–Crippen LogP) is 6.72. The summed E-state index contributed by atoms with van der Waals surface area (Å²) >= 11 is 6.27. The summed E-state index contributed by atoms with van der Waals surface area (Å²) in [7, 11) is 1.62. The summed E-state index contributed by atoms with van der Waals surface area (Å²) in [6.45, 7) is 4.97. The molecule has 0 saturated heterocycles. The lowest BCUT2D eigenvalue weighted by Crippen LogP contribution is -2.39. The van der Waals surface area contributed by atoms with Crippen molar-refractivity contribution < 1.29 is 9.53 Å². The molecule has 2 aromatic carbocycles. The molecule has 3 aromatic rings. The number of unbranched alkanes of at least 4 members (excludes halogenated alkanes) is 6. The van der Waals surface area contributed by atoms with Crippen LogP contribution in [0, 0.1) is 0 Å². The van der Waals surface area contributed by atoms with Crippen molar-refractivity contribution in [3.63, 3.8) is 0 Å². The van der Waals surface area contributed by atoms with Crippen molar-refractivity contribution >= 4 is 28.4 Å². The lowest BCUT2D eigenvalue weighted by atomic mass is 10.1. The van der Waals surface area contributed by atoms with E-state index in [4.69, 9.17) is 21.3 Å². The van der Waals surface area contributed by atoms with Crippen molar-refractivity contribution in [1.29, 1.82) is 0 Å². The number of carbonyl (C=O) groups is 1. The van der Waals surface area contributed by atoms with Crippen molar-refractivity contribution in [3.8, 4) is 5.69 Å². The standard InChI is InChI=1S/C29H38ClN3O3/c1-4-5-6-7-8-9-10-18-27(34)32(19-20-36-3)22(2)28-31-26-17-12-11-16-25(26)29(35)33(28)24-15-13-14-23(30)21-24/h11-17,21-22H,4-10,18-20H2,1-3H3. The molecule has 36 heavy (non-hydrogen) atoms. The highest BCUT2D eigenvalue weighted by Gasteiger charge is 2.26. The van der Waals surface area contributed by atoms with E-state index in [1.807, 2.05) is 37.3 Å². The van der Waals surface area contributed by atoms with E-state index in [-0.39, 0.29) is 11.5 Å². The van der Waals surface area contributed by atoms with Crippen molar-refractivity contribution in [2.24, 2.45) is 0 Å². The van der Waals surface area contributed by atoms with Crippen LogP contribution in [0.1, 0.15) is 77.1 Å². The molecule has 1 atom stereocenters. The first-order chi connectivity index (χ1) is 17.5. The Balaban J connectivity index is 1.92. The molecule has 0 aliphatic carbocycles. The van der Waals surface area contributed by atoms with Gasteiger partial charge in [-0.2, -0.15) is 0 Å². The van der Waals surface area contributed by atoms with Gasteiger partial charge in [0.05, 0.1) is 29.2 Å². The first kappa shape index (κ1) is 27.9. The minimum Gasteiger partial charge on any atom is -0.383 e. The molecule has 3 rings (SSSR count). The topological polar surface area (TPSA) is 64.4 Å². The highest BCUT2D eigenvalue weighted by Crippen LogP contribution is 2.25. The number of benzene rings is 2. The second-order valence-corrected chi connectivity index (χ2v) is 9.67. The zero-order chi connectivity index (χ0) is 25.9. The fourth-order valence-electron chi connectivity index (χ4n) is 4.54. The van der Waals surface area contributed by atoms with Gasteiger partial charge in [0.25, 0.3) is 5.56 Å². The van der Waals surface area contributed by atoms with Gasteiger partial charge in [-0.3, -0.25) is 14.2 Å². The van der Waals surface area contributed by atoms with Crippen LogP contribution in [-0.4, -0.2) is 40.6 Å². The van der Waals surface area contributed by atoms with Gasteiger partial charge in [-0.25, -0.2) is 4.98 Å². The molecule has 0 aliphatic heterocycles. The van der Waals surface area contributed by atoms with Gasteiger partial charge in [0, 0.05) is 25.1 Å². The molecule has 0 saturated carbocycles. The SMILES string of the molecule is CCCCCCCCCC(=O)N(CCOC)C(C)c1nc2ccccc2c(=O)n1-c1cccc(Cl)c1. The molecule has 0 fully saturated rings. The van der Waals surface area contributed by atoms with E-state index in [0.717, 1.165) is 19.3 Å². The van der Waals surface area contributed by atoms with Gasteiger partial charge in [0.15, 0.2) is 0 Å². The Morgan fingerprint density at radius 3 is 2.50 bits per heavy atom. The van der Waals surface area contributed by atoms with Crippen LogP contribution in [0.4, 0.5) is 0 Å². The Bertz CT molecular complexity index is 1190. The summed E-state index contributed by atoms with van der Waals surface area (Å²) in [5.74, 6) is 0.554. The summed E-state index contributed by atoms with van der Waals surface area (Å²) in [6.07, 6.45) is 8.51. The highest BCUT2D eigenvalue weighted by atomic mass is 35.5. The Labute approximate surface area is 219 Å². The minimum absolute atomic E-state index is 0.0492. The molecule has 1 heterocycles. The van der Waals surface area contributed by atoms with Crippen molar-refractivity contribution in [1.82, 2.24) is 14.5 Å². The molecule has 6 nitrogen and oxygen atoms in total. The Morgan fingerprint density at radius 2 is 1.78 bits per heavy atom. The van der Waals surface area contributed by atoms with Crippen LogP contribution in [0.3, 0.4) is 0 Å². The average Bonchev–Trinajstić information content (AvgIpc) is 2.88. The van der Waals surface area contributed by atoms with Gasteiger partial charge in [-0.15, -0.1) is 0 Å². The van der Waals surface area contributed by atoms with Crippen LogP contribution in [0.15, 0.2) is 53.3 Å². The number of carbonyl (C=O) groups excluding carboxylic acids is 1. The lowest BCUT2D eigenvalue weighted by molar-refractivity contribution is -0.134. The minimum atomic E-state index is -0.437. The van der Waals surface area contributed by atoms with Gasteiger partial charge in [-0.05, 0) is 43.7 Å². The van der Waals surface area contributed by atoms with E-state index < -0.39 is 6.04 Å². The number of nitrogens with zero attached hydrogens (tertiary/aromatic N) is 3. The van der Waals surface area contributed by atoms with Gasteiger partial charge in [0.1, 0.15) is 5.82 Å². The van der Waals surface area contributed by atoms with E-state index >= 15 is 0 Å². The molecule has 194 valence electrons. The second kappa shape index (κ2) is 14.1.